The number of hydrogen-bond acceptors (Lipinski definition) is 5. The Kier molecular flexibility index (Phi) is 9.65. The first-order valence-electron chi connectivity index (χ1n) is 10.6. The average molecular weight is 459 g/mol. The number of carbonyl (C=O) groups is 2. The van der Waals surface area contributed by atoms with Gasteiger partial charge in [0.1, 0.15) is 11.6 Å². The van der Waals surface area contributed by atoms with Crippen molar-refractivity contribution in [1.82, 2.24) is 16.0 Å². The number of benzene rings is 2. The number of aryl methyl sites for hydroxylation is 1. The van der Waals surface area contributed by atoms with Crippen LogP contribution in [0.2, 0.25) is 0 Å². The van der Waals surface area contributed by atoms with Crippen LogP contribution in [0.3, 0.4) is 0 Å². The second-order valence-electron chi connectivity index (χ2n) is 7.82. The Hall–Kier alpha value is -3.62. The van der Waals surface area contributed by atoms with Gasteiger partial charge in [-0.15, -0.1) is 0 Å². The number of esters is 1. The van der Waals surface area contributed by atoms with Gasteiger partial charge in [0.2, 0.25) is 5.96 Å². The molecule has 0 saturated heterocycles. The number of hydrogen-bond donors (Lipinski definition) is 3. The molecule has 0 spiro atoms. The monoisotopic (exact) mass is 458 g/mol. The van der Waals surface area contributed by atoms with Crippen molar-refractivity contribution in [3.05, 3.63) is 59.4 Å². The molecular formula is C24H31FN4O4. The van der Waals surface area contributed by atoms with E-state index in [-0.39, 0.29) is 24.4 Å². The van der Waals surface area contributed by atoms with E-state index < -0.39 is 17.9 Å². The molecule has 2 amide bonds. The summed E-state index contributed by atoms with van der Waals surface area (Å²) in [6.07, 6.45) is 0.0451. The lowest BCUT2D eigenvalue weighted by Gasteiger charge is -2.15. The highest BCUT2D eigenvalue weighted by atomic mass is 19.1. The molecular weight excluding hydrogens is 427 g/mol. The van der Waals surface area contributed by atoms with Crippen molar-refractivity contribution in [2.24, 2.45) is 10.9 Å². The van der Waals surface area contributed by atoms with Gasteiger partial charge in [0, 0.05) is 13.1 Å². The lowest BCUT2D eigenvalue weighted by Crippen LogP contribution is -2.47. The SMILES string of the molecule is COC(=O)[C@@H](C)CNC(=O)N/C(=N\c1ccc(OC(C)C)c(C)c1)NCc1ccc(F)cc1. The minimum atomic E-state index is -0.535. The van der Waals surface area contributed by atoms with Crippen molar-refractivity contribution in [2.75, 3.05) is 13.7 Å². The van der Waals surface area contributed by atoms with E-state index in [1.807, 2.05) is 32.9 Å². The number of aliphatic imine (C=N–C) groups is 1. The molecule has 0 heterocycles. The average Bonchev–Trinajstić information content (AvgIpc) is 2.77. The van der Waals surface area contributed by atoms with Crippen molar-refractivity contribution in [3.8, 4) is 5.75 Å². The molecule has 0 bridgehead atoms. The number of ether oxygens (including phenoxy) is 2. The van der Waals surface area contributed by atoms with E-state index >= 15 is 0 Å². The summed E-state index contributed by atoms with van der Waals surface area (Å²) in [6.45, 7) is 7.88. The quantitative estimate of drug-likeness (QED) is 0.317. The maximum absolute atomic E-state index is 13.2. The van der Waals surface area contributed by atoms with Gasteiger partial charge in [-0.05, 0) is 62.2 Å². The van der Waals surface area contributed by atoms with Gasteiger partial charge in [-0.1, -0.05) is 19.1 Å². The molecule has 2 aromatic carbocycles. The molecule has 9 heteroatoms. The normalized spacial score (nSPS) is 12.2. The summed E-state index contributed by atoms with van der Waals surface area (Å²) in [6, 6.07) is 10.9. The fourth-order valence-corrected chi connectivity index (χ4v) is 2.80. The number of methoxy groups -OCH3 is 1. The van der Waals surface area contributed by atoms with Crippen LogP contribution in [0.4, 0.5) is 14.9 Å². The van der Waals surface area contributed by atoms with Crippen LogP contribution in [0.1, 0.15) is 31.9 Å². The zero-order valence-electron chi connectivity index (χ0n) is 19.6. The van der Waals surface area contributed by atoms with Gasteiger partial charge >= 0.3 is 12.0 Å². The third-order valence-electron chi connectivity index (χ3n) is 4.54. The van der Waals surface area contributed by atoms with Crippen LogP contribution in [0.15, 0.2) is 47.5 Å². The maximum Gasteiger partial charge on any atom is 0.321 e. The molecule has 0 fully saturated rings. The molecule has 0 aliphatic heterocycles. The topological polar surface area (TPSA) is 101 Å². The van der Waals surface area contributed by atoms with Crippen LogP contribution in [-0.2, 0) is 16.1 Å². The number of carbonyl (C=O) groups excluding carboxylic acids is 2. The summed E-state index contributed by atoms with van der Waals surface area (Å²) in [5.41, 5.74) is 2.31. The summed E-state index contributed by atoms with van der Waals surface area (Å²) in [4.78, 5) is 28.4. The van der Waals surface area contributed by atoms with Crippen molar-refractivity contribution in [2.45, 2.75) is 40.3 Å². The van der Waals surface area contributed by atoms with Gasteiger partial charge in [0.15, 0.2) is 0 Å². The molecule has 0 aromatic heterocycles. The molecule has 178 valence electrons. The van der Waals surface area contributed by atoms with Crippen molar-refractivity contribution < 1.29 is 23.5 Å². The molecule has 2 aromatic rings. The van der Waals surface area contributed by atoms with Gasteiger partial charge in [-0.3, -0.25) is 10.1 Å². The van der Waals surface area contributed by atoms with Gasteiger partial charge < -0.3 is 20.1 Å². The number of rotatable bonds is 8. The fourth-order valence-electron chi connectivity index (χ4n) is 2.80. The first kappa shape index (κ1) is 25.6. The summed E-state index contributed by atoms with van der Waals surface area (Å²) in [7, 11) is 1.29. The highest BCUT2D eigenvalue weighted by molar-refractivity contribution is 5.97. The van der Waals surface area contributed by atoms with Gasteiger partial charge in [0.25, 0.3) is 0 Å². The number of urea groups is 1. The zero-order valence-corrected chi connectivity index (χ0v) is 19.6. The zero-order chi connectivity index (χ0) is 24.4. The Morgan fingerprint density at radius 3 is 2.36 bits per heavy atom. The Labute approximate surface area is 193 Å². The highest BCUT2D eigenvalue weighted by Crippen LogP contribution is 2.24. The van der Waals surface area contributed by atoms with Crippen LogP contribution in [0.25, 0.3) is 0 Å². The molecule has 0 aliphatic carbocycles. The van der Waals surface area contributed by atoms with Crippen LogP contribution in [0, 0.1) is 18.7 Å². The number of nitrogens with one attached hydrogen (secondary N) is 3. The summed E-state index contributed by atoms with van der Waals surface area (Å²) in [5.74, 6) is -0.293. The lowest BCUT2D eigenvalue weighted by molar-refractivity contribution is -0.144. The predicted octanol–water partition coefficient (Wildman–Crippen LogP) is 3.81. The summed E-state index contributed by atoms with van der Waals surface area (Å²) >= 11 is 0. The molecule has 2 rings (SSSR count). The van der Waals surface area contributed by atoms with Gasteiger partial charge in [-0.2, -0.15) is 0 Å². The van der Waals surface area contributed by atoms with Crippen molar-refractivity contribution in [3.63, 3.8) is 0 Å². The van der Waals surface area contributed by atoms with Crippen LogP contribution < -0.4 is 20.7 Å². The second-order valence-corrected chi connectivity index (χ2v) is 7.82. The molecule has 0 radical (unpaired) electrons. The van der Waals surface area contributed by atoms with Crippen molar-refractivity contribution in [1.29, 1.82) is 0 Å². The largest absolute Gasteiger partial charge is 0.491 e. The van der Waals surface area contributed by atoms with E-state index in [9.17, 15) is 14.0 Å². The summed E-state index contributed by atoms with van der Waals surface area (Å²) in [5, 5.41) is 8.33. The predicted molar refractivity (Wildman–Crippen MR) is 125 cm³/mol. The highest BCUT2D eigenvalue weighted by Gasteiger charge is 2.15. The smallest absolute Gasteiger partial charge is 0.321 e. The molecule has 1 atom stereocenters. The number of amides is 2. The minimum absolute atomic E-state index is 0.0451. The van der Waals surface area contributed by atoms with E-state index in [4.69, 9.17) is 4.74 Å². The summed E-state index contributed by atoms with van der Waals surface area (Å²) < 4.78 is 23.6. The van der Waals surface area contributed by atoms with E-state index in [0.717, 1.165) is 16.9 Å². The van der Waals surface area contributed by atoms with E-state index in [0.29, 0.717) is 12.2 Å². The van der Waals surface area contributed by atoms with Crippen LogP contribution >= 0.6 is 0 Å². The fraction of sp³-hybridized carbons (Fsp3) is 0.375. The third-order valence-corrected chi connectivity index (χ3v) is 4.54. The minimum Gasteiger partial charge on any atom is -0.491 e. The molecule has 3 N–H and O–H groups in total. The van der Waals surface area contributed by atoms with Crippen LogP contribution in [-0.4, -0.2) is 37.7 Å². The third kappa shape index (κ3) is 8.80. The standard InChI is InChI=1S/C24H31FN4O4/c1-15(2)33-21-11-10-20(12-16(21)3)28-23(26-14-18-6-8-19(25)9-7-18)29-24(31)27-13-17(4)22(30)32-5/h6-12,15,17H,13-14H2,1-5H3,(H3,26,27,28,29,31)/t17-/m0/s1. The number of nitrogens with zero attached hydrogens (tertiary/aromatic N) is 1. The molecule has 0 saturated carbocycles. The lowest BCUT2D eigenvalue weighted by atomic mass is 10.2. The Morgan fingerprint density at radius 2 is 1.76 bits per heavy atom. The molecule has 33 heavy (non-hydrogen) atoms. The van der Waals surface area contributed by atoms with Gasteiger partial charge in [-0.25, -0.2) is 14.2 Å². The maximum atomic E-state index is 13.2. The van der Waals surface area contributed by atoms with E-state index in [1.165, 1.54) is 19.2 Å². The second kappa shape index (κ2) is 12.4. The number of halogens is 1. The van der Waals surface area contributed by atoms with E-state index in [2.05, 4.69) is 25.7 Å². The molecule has 8 nitrogen and oxygen atoms in total. The first-order chi connectivity index (χ1) is 15.7. The van der Waals surface area contributed by atoms with Crippen molar-refractivity contribution >= 4 is 23.6 Å². The molecule has 0 unspecified atom stereocenters. The van der Waals surface area contributed by atoms with Gasteiger partial charge in [0.05, 0.1) is 24.8 Å². The Bertz CT molecular complexity index is 977. The number of guanidine groups is 1. The Morgan fingerprint density at radius 1 is 1.06 bits per heavy atom. The molecule has 0 aliphatic rings. The van der Waals surface area contributed by atoms with E-state index in [1.54, 1.807) is 25.1 Å². The van der Waals surface area contributed by atoms with Crippen LogP contribution in [0.5, 0.6) is 5.75 Å². The Balaban J connectivity index is 2.15. The first-order valence-corrected chi connectivity index (χ1v) is 10.6.